The zero-order valence-corrected chi connectivity index (χ0v) is 13.1. The second-order valence-electron chi connectivity index (χ2n) is 4.29. The quantitative estimate of drug-likeness (QED) is 0.593. The fourth-order valence-electron chi connectivity index (χ4n) is 1.63. The average molecular weight is 331 g/mol. The minimum atomic E-state index is -0.917. The van der Waals surface area contributed by atoms with Crippen LogP contribution in [0.3, 0.4) is 0 Å². The van der Waals surface area contributed by atoms with Crippen molar-refractivity contribution in [2.24, 2.45) is 0 Å². The molecule has 3 N–H and O–H groups in total. The predicted octanol–water partition coefficient (Wildman–Crippen LogP) is 0.915. The molecule has 0 fully saturated rings. The summed E-state index contributed by atoms with van der Waals surface area (Å²) in [6, 6.07) is 5.32. The molecule has 0 unspecified atom stereocenters. The first-order chi connectivity index (χ1) is 9.97. The molecule has 1 amide bonds. The van der Waals surface area contributed by atoms with Crippen LogP contribution in [-0.4, -0.2) is 38.1 Å². The molecule has 1 aromatic carbocycles. The maximum Gasteiger partial charge on any atom is 0.328 e. The molecule has 1 atom stereocenters. The van der Waals surface area contributed by atoms with Gasteiger partial charge < -0.3 is 20.5 Å². The third-order valence-corrected chi connectivity index (χ3v) is 2.83. The van der Waals surface area contributed by atoms with Gasteiger partial charge in [-0.3, -0.25) is 9.59 Å². The third kappa shape index (κ3) is 6.01. The molecule has 22 heavy (non-hydrogen) atoms. The molecule has 0 saturated carbocycles. The first kappa shape index (κ1) is 19.7. The number of carbonyl (C=O) groups is 3. The molecule has 0 aliphatic carbocycles. The van der Waals surface area contributed by atoms with Crippen LogP contribution in [0, 0.1) is 0 Å². The second-order valence-corrected chi connectivity index (χ2v) is 4.29. The lowest BCUT2D eigenvalue weighted by Crippen LogP contribution is -2.41. The van der Waals surface area contributed by atoms with Crippen LogP contribution in [0.15, 0.2) is 24.3 Å². The minimum Gasteiger partial charge on any atom is -0.469 e. The van der Waals surface area contributed by atoms with E-state index in [1.807, 2.05) is 0 Å². The fourth-order valence-corrected chi connectivity index (χ4v) is 1.63. The third-order valence-electron chi connectivity index (χ3n) is 2.83. The first-order valence-electron chi connectivity index (χ1n) is 6.29. The zero-order valence-electron chi connectivity index (χ0n) is 12.3. The number of nitrogen functional groups attached to an aromatic ring is 1. The molecule has 0 saturated heterocycles. The van der Waals surface area contributed by atoms with Crippen LogP contribution < -0.4 is 11.1 Å². The van der Waals surface area contributed by atoms with Gasteiger partial charge in [0, 0.05) is 17.7 Å². The summed E-state index contributed by atoms with van der Waals surface area (Å²) in [5.41, 5.74) is 6.42. The Morgan fingerprint density at radius 1 is 1.14 bits per heavy atom. The van der Waals surface area contributed by atoms with Crippen molar-refractivity contribution in [3.63, 3.8) is 0 Å². The molecule has 7 nitrogen and oxygen atoms in total. The number of benzene rings is 1. The fraction of sp³-hybridized carbons (Fsp3) is 0.357. The highest BCUT2D eigenvalue weighted by Gasteiger charge is 2.23. The first-order valence-corrected chi connectivity index (χ1v) is 6.29. The topological polar surface area (TPSA) is 108 Å². The van der Waals surface area contributed by atoms with Crippen molar-refractivity contribution in [2.75, 3.05) is 20.0 Å². The maximum absolute atomic E-state index is 12.0. The van der Waals surface area contributed by atoms with E-state index in [1.54, 1.807) is 24.3 Å². The summed E-state index contributed by atoms with van der Waals surface area (Å²) in [5, 5.41) is 2.52. The number of halogens is 1. The molecule has 0 aliphatic heterocycles. The number of nitrogens with one attached hydrogen (secondary N) is 1. The molecular formula is C14H19ClN2O5. The van der Waals surface area contributed by atoms with Crippen LogP contribution in [0.1, 0.15) is 23.2 Å². The number of nitrogens with two attached hydrogens (primary N) is 1. The average Bonchev–Trinajstić information content (AvgIpc) is 2.50. The Balaban J connectivity index is 0.00000441. The van der Waals surface area contributed by atoms with E-state index in [4.69, 9.17) is 5.73 Å². The van der Waals surface area contributed by atoms with E-state index in [0.717, 1.165) is 0 Å². The molecule has 1 aromatic rings. The summed E-state index contributed by atoms with van der Waals surface area (Å²) in [5.74, 6) is -1.54. The van der Waals surface area contributed by atoms with Gasteiger partial charge in [-0.15, -0.1) is 12.4 Å². The van der Waals surface area contributed by atoms with Gasteiger partial charge in [-0.2, -0.15) is 0 Å². The number of hydrogen-bond acceptors (Lipinski definition) is 6. The lowest BCUT2D eigenvalue weighted by Gasteiger charge is -2.16. The molecule has 8 heteroatoms. The van der Waals surface area contributed by atoms with E-state index in [0.29, 0.717) is 11.3 Å². The number of anilines is 1. The Morgan fingerprint density at radius 3 is 2.23 bits per heavy atom. The van der Waals surface area contributed by atoms with Crippen LogP contribution in [0.4, 0.5) is 5.69 Å². The Labute approximate surface area is 134 Å². The summed E-state index contributed by atoms with van der Waals surface area (Å²) in [6.07, 6.45) is 0.0956. The van der Waals surface area contributed by atoms with Crippen molar-refractivity contribution in [1.29, 1.82) is 0 Å². The molecule has 0 spiro atoms. The van der Waals surface area contributed by atoms with Gasteiger partial charge in [0.05, 0.1) is 14.2 Å². The Morgan fingerprint density at radius 2 is 1.73 bits per heavy atom. The normalized spacial score (nSPS) is 10.8. The van der Waals surface area contributed by atoms with Gasteiger partial charge in [0.15, 0.2) is 0 Å². The van der Waals surface area contributed by atoms with Gasteiger partial charge in [0.1, 0.15) is 6.04 Å². The molecule has 1 rings (SSSR count). The zero-order chi connectivity index (χ0) is 15.8. The number of amides is 1. The van der Waals surface area contributed by atoms with Crippen molar-refractivity contribution in [3.8, 4) is 0 Å². The smallest absolute Gasteiger partial charge is 0.328 e. The highest BCUT2D eigenvalue weighted by molar-refractivity contribution is 5.97. The van der Waals surface area contributed by atoms with Gasteiger partial charge in [0.25, 0.3) is 5.91 Å². The van der Waals surface area contributed by atoms with E-state index < -0.39 is 23.9 Å². The van der Waals surface area contributed by atoms with Gasteiger partial charge in [-0.05, 0) is 30.7 Å². The number of hydrogen-bond donors (Lipinski definition) is 2. The van der Waals surface area contributed by atoms with Gasteiger partial charge in [0.2, 0.25) is 0 Å². The van der Waals surface area contributed by atoms with Crippen molar-refractivity contribution >= 4 is 35.9 Å². The largest absolute Gasteiger partial charge is 0.469 e. The number of rotatable bonds is 6. The second kappa shape index (κ2) is 9.62. The van der Waals surface area contributed by atoms with Crippen molar-refractivity contribution in [3.05, 3.63) is 29.8 Å². The van der Waals surface area contributed by atoms with Gasteiger partial charge in [-0.25, -0.2) is 4.79 Å². The summed E-state index contributed by atoms with van der Waals surface area (Å²) >= 11 is 0. The molecular weight excluding hydrogens is 312 g/mol. The molecule has 0 radical (unpaired) electrons. The number of ether oxygens (including phenoxy) is 2. The Kier molecular flexibility index (Phi) is 8.62. The van der Waals surface area contributed by atoms with Crippen LogP contribution in [0.5, 0.6) is 0 Å². The highest BCUT2D eigenvalue weighted by atomic mass is 35.5. The van der Waals surface area contributed by atoms with Crippen LogP contribution >= 0.6 is 12.4 Å². The molecule has 0 bridgehead atoms. The van der Waals surface area contributed by atoms with Gasteiger partial charge >= 0.3 is 11.9 Å². The molecule has 0 aromatic heterocycles. The maximum atomic E-state index is 12.0. The Hall–Kier alpha value is -2.28. The number of esters is 2. The van der Waals surface area contributed by atoms with E-state index in [2.05, 4.69) is 14.8 Å². The summed E-state index contributed by atoms with van der Waals surface area (Å²) in [7, 11) is 2.46. The van der Waals surface area contributed by atoms with Crippen LogP contribution in [-0.2, 0) is 19.1 Å². The van der Waals surface area contributed by atoms with Crippen molar-refractivity contribution in [2.45, 2.75) is 18.9 Å². The summed E-state index contributed by atoms with van der Waals surface area (Å²) in [6.45, 7) is 0. The summed E-state index contributed by atoms with van der Waals surface area (Å²) < 4.78 is 9.11. The Bertz CT molecular complexity index is 518. The molecule has 122 valence electrons. The van der Waals surface area contributed by atoms with Crippen LogP contribution in [0.2, 0.25) is 0 Å². The van der Waals surface area contributed by atoms with Crippen molar-refractivity contribution in [1.82, 2.24) is 5.32 Å². The van der Waals surface area contributed by atoms with E-state index in [-0.39, 0.29) is 25.2 Å². The predicted molar refractivity (Wildman–Crippen MR) is 82.6 cm³/mol. The lowest BCUT2D eigenvalue weighted by atomic mass is 10.1. The minimum absolute atomic E-state index is 0. The van der Waals surface area contributed by atoms with Gasteiger partial charge in [-0.1, -0.05) is 0 Å². The molecule has 0 aliphatic rings. The van der Waals surface area contributed by atoms with E-state index in [1.165, 1.54) is 14.2 Å². The lowest BCUT2D eigenvalue weighted by molar-refractivity contribution is -0.144. The SMILES string of the molecule is COC(=O)CC[C@H](NC(=O)c1ccc(N)cc1)C(=O)OC.Cl. The summed E-state index contributed by atoms with van der Waals surface area (Å²) in [4.78, 5) is 34.8. The number of methoxy groups -OCH3 is 2. The number of carbonyl (C=O) groups excluding carboxylic acids is 3. The van der Waals surface area contributed by atoms with Crippen molar-refractivity contribution < 1.29 is 23.9 Å². The van der Waals surface area contributed by atoms with Crippen LogP contribution in [0.25, 0.3) is 0 Å². The van der Waals surface area contributed by atoms with E-state index in [9.17, 15) is 14.4 Å². The monoisotopic (exact) mass is 330 g/mol. The standard InChI is InChI=1S/C14H18N2O5.ClH/c1-20-12(17)8-7-11(14(19)21-2)16-13(18)9-3-5-10(15)6-4-9;/h3-6,11H,7-8,15H2,1-2H3,(H,16,18);1H/t11-;/m0./s1. The molecule has 0 heterocycles. The van der Waals surface area contributed by atoms with E-state index >= 15 is 0 Å². The highest BCUT2D eigenvalue weighted by Crippen LogP contribution is 2.07.